The summed E-state index contributed by atoms with van der Waals surface area (Å²) in [7, 11) is 1.44. The summed E-state index contributed by atoms with van der Waals surface area (Å²) >= 11 is 0. The summed E-state index contributed by atoms with van der Waals surface area (Å²) in [6.07, 6.45) is 7.39. The Kier molecular flexibility index (Phi) is 8.20. The van der Waals surface area contributed by atoms with Gasteiger partial charge in [0.05, 0.1) is 42.3 Å². The largest absolute Gasteiger partial charge is 0.496 e. The van der Waals surface area contributed by atoms with E-state index in [0.717, 1.165) is 38.5 Å². The average molecular weight is 568 g/mol. The lowest BCUT2D eigenvalue weighted by atomic mass is 9.69. The van der Waals surface area contributed by atoms with Crippen LogP contribution in [-0.2, 0) is 9.59 Å². The highest BCUT2D eigenvalue weighted by molar-refractivity contribution is 5.98. The summed E-state index contributed by atoms with van der Waals surface area (Å²) in [6, 6.07) is 4.82. The Hall–Kier alpha value is -3.32. The van der Waals surface area contributed by atoms with Gasteiger partial charge in [-0.1, -0.05) is 6.42 Å². The number of hydrogen-bond donors (Lipinski definition) is 4. The fourth-order valence-electron chi connectivity index (χ4n) is 7.40. The van der Waals surface area contributed by atoms with Gasteiger partial charge in [0.25, 0.3) is 5.91 Å². The molecular formula is C31H41N3O7. The molecular weight excluding hydrogens is 526 g/mol. The Morgan fingerprint density at radius 1 is 1.07 bits per heavy atom. The van der Waals surface area contributed by atoms with Crippen LogP contribution in [0.4, 0.5) is 0 Å². The third-order valence-corrected chi connectivity index (χ3v) is 10.4. The van der Waals surface area contributed by atoms with Gasteiger partial charge in [-0.05, 0) is 82.6 Å². The van der Waals surface area contributed by atoms with Gasteiger partial charge in [-0.3, -0.25) is 14.4 Å². The molecule has 2 amide bonds. The predicted octanol–water partition coefficient (Wildman–Crippen LogP) is 3.40. The van der Waals surface area contributed by atoms with E-state index >= 15 is 0 Å². The average Bonchev–Trinajstić information content (AvgIpc) is 3.55. The molecule has 0 heterocycles. The zero-order valence-electron chi connectivity index (χ0n) is 23.9. The van der Waals surface area contributed by atoms with Crippen molar-refractivity contribution in [1.82, 2.24) is 10.6 Å². The van der Waals surface area contributed by atoms with E-state index in [9.17, 15) is 29.9 Å². The van der Waals surface area contributed by atoms with Crippen LogP contribution in [0.2, 0.25) is 0 Å². The van der Waals surface area contributed by atoms with Gasteiger partial charge < -0.3 is 30.3 Å². The number of amides is 2. The lowest BCUT2D eigenvalue weighted by Crippen LogP contribution is -2.52. The maximum atomic E-state index is 13.7. The molecule has 4 N–H and O–H groups in total. The number of nitrogens with one attached hydrogen (secondary N) is 2. The van der Waals surface area contributed by atoms with Crippen molar-refractivity contribution < 1.29 is 34.1 Å². The van der Waals surface area contributed by atoms with Gasteiger partial charge in [-0.15, -0.1) is 0 Å². The predicted molar refractivity (Wildman–Crippen MR) is 148 cm³/mol. The van der Waals surface area contributed by atoms with Crippen LogP contribution < -0.4 is 20.1 Å². The molecule has 4 aliphatic rings. The van der Waals surface area contributed by atoms with Crippen LogP contribution in [0.1, 0.15) is 87.1 Å². The van der Waals surface area contributed by atoms with Gasteiger partial charge in [0, 0.05) is 24.1 Å². The fourth-order valence-corrected chi connectivity index (χ4v) is 7.40. The number of ether oxygens (including phenoxy) is 2. The zero-order valence-corrected chi connectivity index (χ0v) is 23.9. The number of methoxy groups -OCH3 is 1. The van der Waals surface area contributed by atoms with Crippen LogP contribution >= 0.6 is 0 Å². The van der Waals surface area contributed by atoms with Gasteiger partial charge in [-0.25, -0.2) is 0 Å². The highest BCUT2D eigenvalue weighted by Crippen LogP contribution is 2.49. The van der Waals surface area contributed by atoms with Gasteiger partial charge in [-0.2, -0.15) is 5.26 Å². The molecule has 4 fully saturated rings. The summed E-state index contributed by atoms with van der Waals surface area (Å²) in [6.45, 7) is 2.25. The minimum atomic E-state index is -0.819. The molecule has 10 nitrogen and oxygen atoms in total. The smallest absolute Gasteiger partial charge is 0.309 e. The van der Waals surface area contributed by atoms with Crippen molar-refractivity contribution in [2.75, 3.05) is 20.3 Å². The van der Waals surface area contributed by atoms with Crippen molar-refractivity contribution >= 4 is 17.8 Å². The van der Waals surface area contributed by atoms with Crippen molar-refractivity contribution in [1.29, 1.82) is 5.26 Å². The van der Waals surface area contributed by atoms with E-state index < -0.39 is 11.4 Å². The van der Waals surface area contributed by atoms with E-state index in [1.165, 1.54) is 19.2 Å². The molecule has 222 valence electrons. The highest BCUT2D eigenvalue weighted by Gasteiger charge is 2.52. The van der Waals surface area contributed by atoms with Crippen LogP contribution in [0, 0.1) is 39.9 Å². The quantitative estimate of drug-likeness (QED) is 0.335. The van der Waals surface area contributed by atoms with Crippen molar-refractivity contribution in [3.63, 3.8) is 0 Å². The lowest BCUT2D eigenvalue weighted by molar-refractivity contribution is -0.150. The molecule has 5 rings (SSSR count). The Bertz CT molecular complexity index is 1220. The van der Waals surface area contributed by atoms with Crippen molar-refractivity contribution in [2.24, 2.45) is 28.6 Å². The Morgan fingerprint density at radius 3 is 2.37 bits per heavy atom. The number of aliphatic hydroxyl groups excluding tert-OH is 1. The molecule has 2 bridgehead atoms. The minimum Gasteiger partial charge on any atom is -0.496 e. The monoisotopic (exact) mass is 567 g/mol. The van der Waals surface area contributed by atoms with Crippen molar-refractivity contribution in [3.8, 4) is 17.6 Å². The molecule has 0 spiro atoms. The number of nitriles is 1. The number of nitrogens with zero attached hydrogens (tertiary/aromatic N) is 1. The number of hydrogen-bond acceptors (Lipinski definition) is 7. The number of benzene rings is 1. The van der Waals surface area contributed by atoms with E-state index in [1.54, 1.807) is 6.92 Å². The molecule has 0 unspecified atom stereocenters. The Morgan fingerprint density at radius 2 is 1.78 bits per heavy atom. The van der Waals surface area contributed by atoms with Crippen LogP contribution in [0.5, 0.6) is 11.5 Å². The number of carbonyl (C=O) groups is 3. The second-order valence-electron chi connectivity index (χ2n) is 12.9. The molecule has 4 aliphatic carbocycles. The van der Waals surface area contributed by atoms with Crippen molar-refractivity contribution in [3.05, 3.63) is 23.3 Å². The number of carbonyl (C=O) groups excluding carboxylic acids is 2. The minimum absolute atomic E-state index is 0.0623. The number of carboxylic acids is 1. The van der Waals surface area contributed by atoms with Crippen LogP contribution in [-0.4, -0.2) is 60.4 Å². The van der Waals surface area contributed by atoms with Gasteiger partial charge in [0.1, 0.15) is 17.6 Å². The van der Waals surface area contributed by atoms with E-state index in [2.05, 4.69) is 16.7 Å². The first kappa shape index (κ1) is 29.2. The number of aliphatic carboxylic acids is 1. The molecule has 41 heavy (non-hydrogen) atoms. The van der Waals surface area contributed by atoms with E-state index in [4.69, 9.17) is 9.47 Å². The molecule has 10 heteroatoms. The number of carboxylic acid groups (broad SMARTS) is 1. The third kappa shape index (κ3) is 5.61. The Labute approximate surface area is 240 Å². The summed E-state index contributed by atoms with van der Waals surface area (Å²) in [5.41, 5.74) is -0.550. The van der Waals surface area contributed by atoms with Crippen LogP contribution in [0.25, 0.3) is 0 Å². The molecule has 0 saturated heterocycles. The molecule has 1 aromatic carbocycles. The van der Waals surface area contributed by atoms with Gasteiger partial charge in [0.15, 0.2) is 0 Å². The SMILES string of the molecule is COc1cc(C#N)c(O[C@H]2CC[C@@](C)(C(=O)O)CC2)cc1C(=O)N[C@@H]1[C@H]2CC[C@H](C2)[C@@H]1C(=O)NCC1(CO)CCC1. The highest BCUT2D eigenvalue weighted by atomic mass is 16.5. The second-order valence-corrected chi connectivity index (χ2v) is 12.9. The third-order valence-electron chi connectivity index (χ3n) is 10.4. The molecule has 0 radical (unpaired) electrons. The van der Waals surface area contributed by atoms with Crippen molar-refractivity contribution in [2.45, 2.75) is 83.3 Å². The fraction of sp³-hybridized carbons (Fsp3) is 0.677. The normalized spacial score (nSPS) is 31.4. The maximum Gasteiger partial charge on any atom is 0.309 e. The second kappa shape index (κ2) is 11.5. The lowest BCUT2D eigenvalue weighted by Gasteiger charge is -2.41. The standard InChI is InChI=1S/C31H41N3O7/c1-30(29(38)39)10-6-21(7-11-30)41-23-14-22(24(40-2)13-20(23)15-32)27(36)34-26-19-5-4-18(12-19)25(26)28(37)33-16-31(17-35)8-3-9-31/h13-14,18-19,21,25-26,35H,3-12,16-17H2,1-2H3,(H,33,37)(H,34,36)(H,38,39)/t18-,19+,21-,25+,26-,30+/m1/s1. The van der Waals surface area contributed by atoms with Gasteiger partial charge >= 0.3 is 5.97 Å². The van der Waals surface area contributed by atoms with E-state index in [1.807, 2.05) is 0 Å². The van der Waals surface area contributed by atoms with Gasteiger partial charge in [0.2, 0.25) is 5.91 Å². The molecule has 0 aromatic heterocycles. The van der Waals surface area contributed by atoms with E-state index in [-0.39, 0.29) is 76.4 Å². The molecule has 1 aromatic rings. The number of fused-ring (bicyclic) bond motifs is 2. The first-order valence-corrected chi connectivity index (χ1v) is 14.8. The Balaban J connectivity index is 1.31. The first-order valence-electron chi connectivity index (χ1n) is 14.8. The van der Waals surface area contributed by atoms with Crippen LogP contribution in [0.3, 0.4) is 0 Å². The zero-order chi connectivity index (χ0) is 29.4. The first-order chi connectivity index (χ1) is 19.6. The molecule has 4 atom stereocenters. The van der Waals surface area contributed by atoms with E-state index in [0.29, 0.717) is 32.2 Å². The maximum absolute atomic E-state index is 13.7. The summed E-state index contributed by atoms with van der Waals surface area (Å²) in [5.74, 6) is -0.683. The molecule has 4 saturated carbocycles. The topological polar surface area (TPSA) is 158 Å². The summed E-state index contributed by atoms with van der Waals surface area (Å²) in [4.78, 5) is 38.7. The number of rotatable bonds is 10. The summed E-state index contributed by atoms with van der Waals surface area (Å²) < 4.78 is 11.7. The summed E-state index contributed by atoms with van der Waals surface area (Å²) in [5, 5.41) is 35.3. The van der Waals surface area contributed by atoms with Crippen LogP contribution in [0.15, 0.2) is 12.1 Å². The molecule has 0 aliphatic heterocycles. The number of aliphatic hydroxyl groups is 1.